The van der Waals surface area contributed by atoms with Crippen LogP contribution >= 0.6 is 0 Å². The van der Waals surface area contributed by atoms with Crippen LogP contribution in [0.1, 0.15) is 30.9 Å². The Morgan fingerprint density at radius 3 is 2.85 bits per heavy atom. The van der Waals surface area contributed by atoms with Gasteiger partial charge in [0.15, 0.2) is 0 Å². The van der Waals surface area contributed by atoms with Crippen LogP contribution in [0.3, 0.4) is 0 Å². The van der Waals surface area contributed by atoms with Crippen molar-refractivity contribution in [2.75, 3.05) is 33.3 Å². The summed E-state index contributed by atoms with van der Waals surface area (Å²) in [4.78, 5) is 2.41. The second kappa shape index (κ2) is 5.74. The van der Waals surface area contributed by atoms with Crippen molar-refractivity contribution in [1.82, 2.24) is 10.2 Å². The third-order valence-electron chi connectivity index (χ3n) is 4.85. The van der Waals surface area contributed by atoms with Gasteiger partial charge in [-0.05, 0) is 69.2 Å². The van der Waals surface area contributed by atoms with Gasteiger partial charge in [0.2, 0.25) is 0 Å². The largest absolute Gasteiger partial charge is 0.493 e. The standard InChI is InChI=1S/C17H26N2O/c1-17(6-9-19(2)10-7-17)13-20-16-4-3-14-5-8-18-12-15(14)11-16/h3-4,11,18H,5-10,12-13H2,1-2H3. The molecule has 2 aliphatic heterocycles. The highest BCUT2D eigenvalue weighted by atomic mass is 16.5. The summed E-state index contributed by atoms with van der Waals surface area (Å²) in [7, 11) is 2.21. The first-order valence-corrected chi connectivity index (χ1v) is 7.79. The molecule has 1 saturated heterocycles. The SMILES string of the molecule is CN1CCC(C)(COc2ccc3c(c2)CNCC3)CC1. The van der Waals surface area contributed by atoms with E-state index in [0.29, 0.717) is 5.41 Å². The van der Waals surface area contributed by atoms with Crippen LogP contribution in [0.2, 0.25) is 0 Å². The quantitative estimate of drug-likeness (QED) is 0.916. The van der Waals surface area contributed by atoms with Crippen molar-refractivity contribution in [3.05, 3.63) is 29.3 Å². The molecule has 0 amide bonds. The molecular weight excluding hydrogens is 248 g/mol. The number of nitrogens with one attached hydrogen (secondary N) is 1. The van der Waals surface area contributed by atoms with Crippen LogP contribution in [-0.4, -0.2) is 38.2 Å². The van der Waals surface area contributed by atoms with E-state index in [1.165, 1.54) is 37.1 Å². The first-order valence-electron chi connectivity index (χ1n) is 7.79. The number of likely N-dealkylation sites (tertiary alicyclic amines) is 1. The highest BCUT2D eigenvalue weighted by Gasteiger charge is 2.29. The van der Waals surface area contributed by atoms with Crippen molar-refractivity contribution in [2.45, 2.75) is 32.7 Å². The normalized spacial score (nSPS) is 22.3. The molecule has 0 saturated carbocycles. The molecule has 2 aliphatic rings. The molecule has 1 fully saturated rings. The van der Waals surface area contributed by atoms with Gasteiger partial charge < -0.3 is 15.0 Å². The van der Waals surface area contributed by atoms with E-state index < -0.39 is 0 Å². The topological polar surface area (TPSA) is 24.5 Å². The van der Waals surface area contributed by atoms with Crippen LogP contribution < -0.4 is 10.1 Å². The molecule has 0 radical (unpaired) electrons. The van der Waals surface area contributed by atoms with E-state index in [2.05, 4.69) is 42.4 Å². The van der Waals surface area contributed by atoms with Gasteiger partial charge in [-0.3, -0.25) is 0 Å². The fraction of sp³-hybridized carbons (Fsp3) is 0.647. The van der Waals surface area contributed by atoms with E-state index in [1.54, 1.807) is 0 Å². The van der Waals surface area contributed by atoms with Gasteiger partial charge in [0.25, 0.3) is 0 Å². The van der Waals surface area contributed by atoms with Gasteiger partial charge in [-0.2, -0.15) is 0 Å². The number of hydrogen-bond acceptors (Lipinski definition) is 3. The molecule has 1 aromatic carbocycles. The molecule has 3 heteroatoms. The maximum absolute atomic E-state index is 6.10. The van der Waals surface area contributed by atoms with Crippen molar-refractivity contribution in [3.63, 3.8) is 0 Å². The molecular formula is C17H26N2O. The third-order valence-corrected chi connectivity index (χ3v) is 4.85. The number of hydrogen-bond donors (Lipinski definition) is 1. The number of fused-ring (bicyclic) bond motifs is 1. The average Bonchev–Trinajstić information content (AvgIpc) is 2.48. The van der Waals surface area contributed by atoms with Crippen molar-refractivity contribution >= 4 is 0 Å². The van der Waals surface area contributed by atoms with E-state index >= 15 is 0 Å². The molecule has 0 aliphatic carbocycles. The molecule has 0 spiro atoms. The summed E-state index contributed by atoms with van der Waals surface area (Å²) >= 11 is 0. The molecule has 2 heterocycles. The monoisotopic (exact) mass is 274 g/mol. The van der Waals surface area contributed by atoms with Crippen LogP contribution in [0.5, 0.6) is 5.75 Å². The van der Waals surface area contributed by atoms with Gasteiger partial charge in [-0.1, -0.05) is 13.0 Å². The van der Waals surface area contributed by atoms with Crippen LogP contribution in [0.15, 0.2) is 18.2 Å². The second-order valence-electron chi connectivity index (χ2n) is 6.76. The lowest BCUT2D eigenvalue weighted by Gasteiger charge is -2.37. The number of rotatable bonds is 3. The molecule has 0 bridgehead atoms. The fourth-order valence-electron chi connectivity index (χ4n) is 3.11. The minimum absolute atomic E-state index is 0.334. The minimum atomic E-state index is 0.334. The minimum Gasteiger partial charge on any atom is -0.493 e. The van der Waals surface area contributed by atoms with Crippen molar-refractivity contribution in [2.24, 2.45) is 5.41 Å². The number of benzene rings is 1. The molecule has 1 N–H and O–H groups in total. The Balaban J connectivity index is 1.61. The summed E-state index contributed by atoms with van der Waals surface area (Å²) in [6.45, 7) is 7.66. The average molecular weight is 274 g/mol. The van der Waals surface area contributed by atoms with Gasteiger partial charge in [-0.15, -0.1) is 0 Å². The lowest BCUT2D eigenvalue weighted by molar-refractivity contribution is 0.0803. The summed E-state index contributed by atoms with van der Waals surface area (Å²) in [5.74, 6) is 1.03. The summed E-state index contributed by atoms with van der Waals surface area (Å²) in [5.41, 5.74) is 3.21. The molecule has 110 valence electrons. The number of piperidine rings is 1. The van der Waals surface area contributed by atoms with Gasteiger partial charge >= 0.3 is 0 Å². The predicted molar refractivity (Wildman–Crippen MR) is 82.2 cm³/mol. The number of ether oxygens (including phenoxy) is 1. The maximum atomic E-state index is 6.10. The fourth-order valence-corrected chi connectivity index (χ4v) is 3.11. The highest BCUT2D eigenvalue weighted by Crippen LogP contribution is 2.31. The van der Waals surface area contributed by atoms with Crippen LogP contribution in [0.25, 0.3) is 0 Å². The van der Waals surface area contributed by atoms with Crippen molar-refractivity contribution in [1.29, 1.82) is 0 Å². The van der Waals surface area contributed by atoms with E-state index in [4.69, 9.17) is 4.74 Å². The second-order valence-corrected chi connectivity index (χ2v) is 6.76. The maximum Gasteiger partial charge on any atom is 0.119 e. The Bertz CT molecular complexity index is 464. The van der Waals surface area contributed by atoms with E-state index in [9.17, 15) is 0 Å². The van der Waals surface area contributed by atoms with Gasteiger partial charge in [0, 0.05) is 12.0 Å². The first kappa shape index (κ1) is 13.9. The van der Waals surface area contributed by atoms with E-state index in [-0.39, 0.29) is 0 Å². The molecule has 3 rings (SSSR count). The van der Waals surface area contributed by atoms with Gasteiger partial charge in [0.05, 0.1) is 6.61 Å². The molecule has 20 heavy (non-hydrogen) atoms. The van der Waals surface area contributed by atoms with Gasteiger partial charge in [0.1, 0.15) is 5.75 Å². The smallest absolute Gasteiger partial charge is 0.119 e. The Hall–Kier alpha value is -1.06. The Labute approximate surface area is 122 Å². The molecule has 1 aromatic rings. The summed E-state index contributed by atoms with van der Waals surface area (Å²) in [5, 5.41) is 3.42. The Morgan fingerprint density at radius 2 is 2.05 bits per heavy atom. The highest BCUT2D eigenvalue weighted by molar-refractivity contribution is 5.37. The summed E-state index contributed by atoms with van der Waals surface area (Å²) in [6.07, 6.45) is 3.60. The summed E-state index contributed by atoms with van der Waals surface area (Å²) in [6, 6.07) is 6.60. The summed E-state index contributed by atoms with van der Waals surface area (Å²) < 4.78 is 6.10. The molecule has 0 atom stereocenters. The zero-order valence-electron chi connectivity index (χ0n) is 12.7. The first-order chi connectivity index (χ1) is 9.65. The van der Waals surface area contributed by atoms with Crippen molar-refractivity contribution < 1.29 is 4.74 Å². The van der Waals surface area contributed by atoms with E-state index in [0.717, 1.165) is 31.9 Å². The molecule has 3 nitrogen and oxygen atoms in total. The number of nitrogens with zero attached hydrogens (tertiary/aromatic N) is 1. The third kappa shape index (κ3) is 3.15. The molecule has 0 aromatic heterocycles. The predicted octanol–water partition coefficient (Wildman–Crippen LogP) is 2.44. The lowest BCUT2D eigenvalue weighted by Crippen LogP contribution is -2.39. The molecule has 0 unspecified atom stereocenters. The lowest BCUT2D eigenvalue weighted by atomic mass is 9.81. The Kier molecular flexibility index (Phi) is 3.99. The zero-order chi connectivity index (χ0) is 14.0. The van der Waals surface area contributed by atoms with Crippen LogP contribution in [-0.2, 0) is 13.0 Å². The van der Waals surface area contributed by atoms with Crippen LogP contribution in [0.4, 0.5) is 0 Å². The Morgan fingerprint density at radius 1 is 1.25 bits per heavy atom. The van der Waals surface area contributed by atoms with Gasteiger partial charge in [-0.25, -0.2) is 0 Å². The van der Waals surface area contributed by atoms with Crippen molar-refractivity contribution in [3.8, 4) is 5.75 Å². The van der Waals surface area contributed by atoms with E-state index in [1.807, 2.05) is 0 Å². The zero-order valence-corrected chi connectivity index (χ0v) is 12.7. The van der Waals surface area contributed by atoms with Crippen LogP contribution in [0, 0.1) is 5.41 Å².